The van der Waals surface area contributed by atoms with Crippen molar-refractivity contribution in [3.8, 4) is 0 Å². The van der Waals surface area contributed by atoms with Gasteiger partial charge in [0.25, 0.3) is 0 Å². The van der Waals surface area contributed by atoms with Crippen molar-refractivity contribution in [2.45, 2.75) is 58.4 Å². The van der Waals surface area contributed by atoms with E-state index in [4.69, 9.17) is 4.74 Å². The Bertz CT molecular complexity index is 161. The van der Waals surface area contributed by atoms with Gasteiger partial charge < -0.3 is 10.1 Å². The largest absolute Gasteiger partial charge is 0.380 e. The summed E-state index contributed by atoms with van der Waals surface area (Å²) in [5.74, 6) is 1.83. The maximum absolute atomic E-state index is 5.68. The van der Waals surface area contributed by atoms with Gasteiger partial charge in [0.1, 0.15) is 0 Å². The van der Waals surface area contributed by atoms with Crippen molar-refractivity contribution in [2.75, 3.05) is 20.3 Å². The Morgan fingerprint density at radius 1 is 1.19 bits per heavy atom. The van der Waals surface area contributed by atoms with Gasteiger partial charge in [0, 0.05) is 12.6 Å². The fourth-order valence-electron chi connectivity index (χ4n) is 2.81. The number of hydrogen-bond donors (Lipinski definition) is 1. The highest BCUT2D eigenvalue weighted by atomic mass is 16.5. The van der Waals surface area contributed by atoms with Gasteiger partial charge in [0.15, 0.2) is 0 Å². The number of rotatable bonds is 7. The standard InChI is InChI=1S/C14H29NO/c1-4-10-16-11-14(15-3)13-8-6-12(5-2)7-9-13/h12-15H,4-11H2,1-3H3. The van der Waals surface area contributed by atoms with Crippen LogP contribution in [-0.2, 0) is 4.74 Å². The molecule has 2 nitrogen and oxygen atoms in total. The highest BCUT2D eigenvalue weighted by molar-refractivity contribution is 4.80. The van der Waals surface area contributed by atoms with E-state index in [9.17, 15) is 0 Å². The molecule has 1 aliphatic carbocycles. The zero-order chi connectivity index (χ0) is 11.8. The van der Waals surface area contributed by atoms with Crippen molar-refractivity contribution in [3.05, 3.63) is 0 Å². The molecular formula is C14H29NO. The van der Waals surface area contributed by atoms with E-state index in [0.29, 0.717) is 6.04 Å². The van der Waals surface area contributed by atoms with Crippen molar-refractivity contribution >= 4 is 0 Å². The molecule has 1 unspecified atom stereocenters. The second kappa shape index (κ2) is 8.08. The Kier molecular flexibility index (Phi) is 7.06. The number of nitrogens with one attached hydrogen (secondary N) is 1. The van der Waals surface area contributed by atoms with Crippen LogP contribution in [0.5, 0.6) is 0 Å². The molecule has 0 amide bonds. The van der Waals surface area contributed by atoms with E-state index in [1.807, 2.05) is 0 Å². The van der Waals surface area contributed by atoms with Crippen LogP contribution in [0.15, 0.2) is 0 Å². The van der Waals surface area contributed by atoms with Crippen LogP contribution in [-0.4, -0.2) is 26.3 Å². The summed E-state index contributed by atoms with van der Waals surface area (Å²) in [6, 6.07) is 0.573. The Hall–Kier alpha value is -0.0800. The number of ether oxygens (including phenoxy) is 1. The van der Waals surface area contributed by atoms with E-state index in [1.165, 1.54) is 32.1 Å². The molecule has 0 aromatic rings. The molecule has 0 aromatic heterocycles. The lowest BCUT2D eigenvalue weighted by atomic mass is 9.78. The molecule has 0 heterocycles. The second-order valence-corrected chi connectivity index (χ2v) is 5.16. The van der Waals surface area contributed by atoms with Crippen molar-refractivity contribution in [1.82, 2.24) is 5.32 Å². The number of likely N-dealkylation sites (N-methyl/N-ethyl adjacent to an activating group) is 1. The first-order valence-electron chi connectivity index (χ1n) is 7.06. The molecule has 96 valence electrons. The summed E-state index contributed by atoms with van der Waals surface area (Å²) in [4.78, 5) is 0. The first-order chi connectivity index (χ1) is 7.81. The molecule has 0 aromatic carbocycles. The van der Waals surface area contributed by atoms with E-state index < -0.39 is 0 Å². The molecule has 0 bridgehead atoms. The zero-order valence-corrected chi connectivity index (χ0v) is 11.3. The predicted octanol–water partition coefficient (Wildman–Crippen LogP) is 3.22. The van der Waals surface area contributed by atoms with Gasteiger partial charge in [-0.2, -0.15) is 0 Å². The average Bonchev–Trinajstić information content (AvgIpc) is 2.35. The third-order valence-corrected chi connectivity index (χ3v) is 4.05. The number of hydrogen-bond acceptors (Lipinski definition) is 2. The minimum absolute atomic E-state index is 0.573. The summed E-state index contributed by atoms with van der Waals surface area (Å²) in [6.07, 6.45) is 8.11. The van der Waals surface area contributed by atoms with Crippen molar-refractivity contribution in [3.63, 3.8) is 0 Å². The normalized spacial score (nSPS) is 27.9. The van der Waals surface area contributed by atoms with Gasteiger partial charge >= 0.3 is 0 Å². The van der Waals surface area contributed by atoms with Crippen LogP contribution in [0.4, 0.5) is 0 Å². The lowest BCUT2D eigenvalue weighted by molar-refractivity contribution is 0.0825. The Morgan fingerprint density at radius 3 is 2.38 bits per heavy atom. The van der Waals surface area contributed by atoms with Crippen LogP contribution in [0, 0.1) is 11.8 Å². The summed E-state index contributed by atoms with van der Waals surface area (Å²) < 4.78 is 5.68. The molecule has 0 spiro atoms. The molecule has 0 radical (unpaired) electrons. The molecule has 0 saturated heterocycles. The third kappa shape index (κ3) is 4.42. The topological polar surface area (TPSA) is 21.3 Å². The van der Waals surface area contributed by atoms with Crippen LogP contribution >= 0.6 is 0 Å². The fourth-order valence-corrected chi connectivity index (χ4v) is 2.81. The van der Waals surface area contributed by atoms with E-state index in [1.54, 1.807) is 0 Å². The molecule has 2 heteroatoms. The Balaban J connectivity index is 2.25. The average molecular weight is 227 g/mol. The molecule has 1 saturated carbocycles. The highest BCUT2D eigenvalue weighted by Gasteiger charge is 2.25. The van der Waals surface area contributed by atoms with Gasteiger partial charge in [-0.05, 0) is 38.1 Å². The van der Waals surface area contributed by atoms with E-state index in [-0.39, 0.29) is 0 Å². The minimum atomic E-state index is 0.573. The quantitative estimate of drug-likeness (QED) is 0.674. The van der Waals surface area contributed by atoms with E-state index >= 15 is 0 Å². The monoisotopic (exact) mass is 227 g/mol. The van der Waals surface area contributed by atoms with Crippen molar-refractivity contribution < 1.29 is 4.74 Å². The van der Waals surface area contributed by atoms with Crippen LogP contribution in [0.1, 0.15) is 52.4 Å². The summed E-state index contributed by atoms with van der Waals surface area (Å²) in [7, 11) is 2.08. The molecule has 1 aliphatic rings. The highest BCUT2D eigenvalue weighted by Crippen LogP contribution is 2.32. The van der Waals surface area contributed by atoms with Gasteiger partial charge in [0.2, 0.25) is 0 Å². The van der Waals surface area contributed by atoms with E-state index in [2.05, 4.69) is 26.2 Å². The Labute approximate surface area is 101 Å². The van der Waals surface area contributed by atoms with Crippen LogP contribution in [0.2, 0.25) is 0 Å². The van der Waals surface area contributed by atoms with Gasteiger partial charge in [-0.1, -0.05) is 33.1 Å². The lowest BCUT2D eigenvalue weighted by Crippen LogP contribution is -2.39. The maximum atomic E-state index is 5.68. The summed E-state index contributed by atoms with van der Waals surface area (Å²) in [5.41, 5.74) is 0. The molecular weight excluding hydrogens is 198 g/mol. The lowest BCUT2D eigenvalue weighted by Gasteiger charge is -2.33. The molecule has 1 fully saturated rings. The molecule has 0 aliphatic heterocycles. The molecule has 1 atom stereocenters. The van der Waals surface area contributed by atoms with Crippen LogP contribution in [0.3, 0.4) is 0 Å². The smallest absolute Gasteiger partial charge is 0.0622 e. The van der Waals surface area contributed by atoms with Gasteiger partial charge in [-0.3, -0.25) is 0 Å². The predicted molar refractivity (Wildman–Crippen MR) is 69.7 cm³/mol. The fraction of sp³-hybridized carbons (Fsp3) is 1.00. The second-order valence-electron chi connectivity index (χ2n) is 5.16. The summed E-state index contributed by atoms with van der Waals surface area (Å²) in [6.45, 7) is 6.29. The summed E-state index contributed by atoms with van der Waals surface area (Å²) in [5, 5.41) is 3.44. The van der Waals surface area contributed by atoms with Crippen LogP contribution in [0.25, 0.3) is 0 Å². The zero-order valence-electron chi connectivity index (χ0n) is 11.3. The molecule has 16 heavy (non-hydrogen) atoms. The SMILES string of the molecule is CCCOCC(NC)C1CCC(CC)CC1. The van der Waals surface area contributed by atoms with Gasteiger partial charge in [-0.25, -0.2) is 0 Å². The van der Waals surface area contributed by atoms with Gasteiger partial charge in [0.05, 0.1) is 6.61 Å². The third-order valence-electron chi connectivity index (χ3n) is 4.05. The first kappa shape index (κ1) is 14.0. The van der Waals surface area contributed by atoms with Crippen molar-refractivity contribution in [2.24, 2.45) is 11.8 Å². The molecule has 1 rings (SSSR count). The Morgan fingerprint density at radius 2 is 1.88 bits per heavy atom. The minimum Gasteiger partial charge on any atom is -0.380 e. The van der Waals surface area contributed by atoms with Crippen LogP contribution < -0.4 is 5.32 Å². The summed E-state index contributed by atoms with van der Waals surface area (Å²) >= 11 is 0. The molecule has 1 N–H and O–H groups in total. The van der Waals surface area contributed by atoms with Crippen molar-refractivity contribution in [1.29, 1.82) is 0 Å². The maximum Gasteiger partial charge on any atom is 0.0622 e. The van der Waals surface area contributed by atoms with E-state index in [0.717, 1.165) is 31.5 Å². The van der Waals surface area contributed by atoms with Gasteiger partial charge in [-0.15, -0.1) is 0 Å². The first-order valence-corrected chi connectivity index (χ1v) is 7.06.